The average Bonchev–Trinajstić information content (AvgIpc) is 2.90. The number of thiocarbonyl (C=S) groups is 1. The molecule has 1 aliphatic heterocycles. The maximum Gasteiger partial charge on any atom is 0.173 e. The van der Waals surface area contributed by atoms with E-state index in [1.165, 1.54) is 5.41 Å². The topological polar surface area (TPSA) is 71.1 Å². The smallest absolute Gasteiger partial charge is 0.173 e. The van der Waals surface area contributed by atoms with Crippen molar-refractivity contribution in [3.05, 3.63) is 34.7 Å². The van der Waals surface area contributed by atoms with Crippen LogP contribution in [0.25, 0.3) is 10.2 Å². The zero-order chi connectivity index (χ0) is 15.0. The van der Waals surface area contributed by atoms with Crippen LogP contribution < -0.4 is 10.6 Å². The summed E-state index contributed by atoms with van der Waals surface area (Å²) in [7, 11) is -3.08. The number of aryl methyl sites for hydroxylation is 1. The zero-order valence-electron chi connectivity index (χ0n) is 11.2. The molecule has 0 saturated carbocycles. The Kier molecular flexibility index (Phi) is 3.68. The van der Waals surface area contributed by atoms with Crippen LogP contribution in [0.5, 0.6) is 0 Å². The first kappa shape index (κ1) is 14.4. The molecule has 0 fully saturated rings. The van der Waals surface area contributed by atoms with E-state index in [4.69, 9.17) is 12.2 Å². The van der Waals surface area contributed by atoms with Crippen LogP contribution in [0.4, 0.5) is 5.69 Å². The van der Waals surface area contributed by atoms with Gasteiger partial charge in [0.15, 0.2) is 14.9 Å². The quantitative estimate of drug-likeness (QED) is 0.818. The second-order valence-electron chi connectivity index (χ2n) is 4.78. The van der Waals surface area contributed by atoms with E-state index >= 15 is 0 Å². The fourth-order valence-electron chi connectivity index (χ4n) is 2.12. The summed E-state index contributed by atoms with van der Waals surface area (Å²) in [6, 6.07) is 5.54. The van der Waals surface area contributed by atoms with Crippen LogP contribution in [-0.4, -0.2) is 30.3 Å². The Bertz CT molecular complexity index is 839. The Morgan fingerprint density at radius 1 is 1.48 bits per heavy atom. The second kappa shape index (κ2) is 5.36. The summed E-state index contributed by atoms with van der Waals surface area (Å²) in [5.41, 5.74) is 1.82. The van der Waals surface area contributed by atoms with Crippen molar-refractivity contribution in [2.45, 2.75) is 13.0 Å². The maximum absolute atomic E-state index is 11.3. The standard InChI is InChI=1S/C13H13N3O2S3/c1-8-14-11-3-2-9(6-12(11)20-8)15-13(19)16-10-4-5-21(17,18)7-10/h2-6,10H,7H2,1H3,(H2,15,16,19)/t10-/m0/s1. The number of aromatic nitrogens is 1. The Morgan fingerprint density at radius 2 is 2.29 bits per heavy atom. The van der Waals surface area contributed by atoms with Crippen LogP contribution in [0.1, 0.15) is 5.01 Å². The number of anilines is 1. The fourth-order valence-corrected chi connectivity index (χ4v) is 4.49. The molecule has 2 aromatic rings. The van der Waals surface area contributed by atoms with Gasteiger partial charge in [0.2, 0.25) is 0 Å². The van der Waals surface area contributed by atoms with Gasteiger partial charge in [-0.25, -0.2) is 13.4 Å². The average molecular weight is 339 g/mol. The molecule has 1 aromatic heterocycles. The Hall–Kier alpha value is -1.51. The molecular formula is C13H13N3O2S3. The van der Waals surface area contributed by atoms with Crippen LogP contribution in [-0.2, 0) is 9.84 Å². The van der Waals surface area contributed by atoms with Gasteiger partial charge in [0.1, 0.15) is 0 Å². The number of fused-ring (bicyclic) bond motifs is 1. The lowest BCUT2D eigenvalue weighted by atomic mass is 10.3. The van der Waals surface area contributed by atoms with Crippen LogP contribution in [0, 0.1) is 6.92 Å². The molecule has 1 atom stereocenters. The highest BCUT2D eigenvalue weighted by molar-refractivity contribution is 7.94. The van der Waals surface area contributed by atoms with E-state index in [-0.39, 0.29) is 11.8 Å². The summed E-state index contributed by atoms with van der Waals surface area (Å²) in [6.07, 6.45) is 1.61. The number of nitrogens with one attached hydrogen (secondary N) is 2. The SMILES string of the molecule is Cc1nc2ccc(NC(=S)N[C@H]3C=CS(=O)(=O)C3)cc2s1. The number of sulfone groups is 1. The number of hydrogen-bond donors (Lipinski definition) is 2. The minimum Gasteiger partial charge on any atom is -0.355 e. The number of hydrogen-bond acceptors (Lipinski definition) is 5. The molecule has 1 aliphatic rings. The molecule has 0 aliphatic carbocycles. The predicted molar refractivity (Wildman–Crippen MR) is 90.4 cm³/mol. The van der Waals surface area contributed by atoms with Crippen molar-refractivity contribution in [2.24, 2.45) is 0 Å². The summed E-state index contributed by atoms with van der Waals surface area (Å²) >= 11 is 6.83. The van der Waals surface area contributed by atoms with Gasteiger partial charge < -0.3 is 10.6 Å². The van der Waals surface area contributed by atoms with E-state index in [1.807, 2.05) is 25.1 Å². The molecule has 110 valence electrons. The monoisotopic (exact) mass is 339 g/mol. The van der Waals surface area contributed by atoms with Gasteiger partial charge in [0.05, 0.1) is 27.0 Å². The maximum atomic E-state index is 11.3. The largest absolute Gasteiger partial charge is 0.355 e. The number of rotatable bonds is 2. The predicted octanol–water partition coefficient (Wildman–Crippen LogP) is 2.20. The molecule has 5 nitrogen and oxygen atoms in total. The third-order valence-electron chi connectivity index (χ3n) is 3.00. The molecule has 0 unspecified atom stereocenters. The lowest BCUT2D eigenvalue weighted by molar-refractivity contribution is 0.603. The van der Waals surface area contributed by atoms with Gasteiger partial charge in [-0.15, -0.1) is 11.3 Å². The summed E-state index contributed by atoms with van der Waals surface area (Å²) in [6.45, 7) is 1.97. The van der Waals surface area contributed by atoms with Crippen LogP contribution >= 0.6 is 23.6 Å². The highest BCUT2D eigenvalue weighted by Gasteiger charge is 2.21. The lowest BCUT2D eigenvalue weighted by Gasteiger charge is -2.14. The van der Waals surface area contributed by atoms with Crippen LogP contribution in [0.2, 0.25) is 0 Å². The van der Waals surface area contributed by atoms with E-state index in [0.29, 0.717) is 5.11 Å². The summed E-state index contributed by atoms with van der Waals surface area (Å²) in [5.74, 6) is 0.0435. The first-order valence-corrected chi connectivity index (χ1v) is 9.21. The molecule has 1 aromatic carbocycles. The molecular weight excluding hydrogens is 326 g/mol. The Balaban J connectivity index is 1.67. The van der Waals surface area contributed by atoms with Gasteiger partial charge in [-0.2, -0.15) is 0 Å². The first-order valence-electron chi connectivity index (χ1n) is 6.27. The Labute approximate surface area is 132 Å². The minimum atomic E-state index is -3.08. The molecule has 21 heavy (non-hydrogen) atoms. The highest BCUT2D eigenvalue weighted by atomic mass is 32.2. The summed E-state index contributed by atoms with van der Waals surface area (Å²) in [5, 5.41) is 8.69. The van der Waals surface area contributed by atoms with E-state index in [2.05, 4.69) is 15.6 Å². The van der Waals surface area contributed by atoms with Crippen molar-refractivity contribution < 1.29 is 8.42 Å². The van der Waals surface area contributed by atoms with E-state index in [0.717, 1.165) is 20.9 Å². The molecule has 0 bridgehead atoms. The van der Waals surface area contributed by atoms with Crippen molar-refractivity contribution >= 4 is 54.4 Å². The number of benzene rings is 1. The molecule has 2 heterocycles. The Morgan fingerprint density at radius 3 is 3.00 bits per heavy atom. The molecule has 2 N–H and O–H groups in total. The second-order valence-corrected chi connectivity index (χ2v) is 8.35. The van der Waals surface area contributed by atoms with Gasteiger partial charge in [-0.3, -0.25) is 0 Å². The van der Waals surface area contributed by atoms with E-state index < -0.39 is 9.84 Å². The fraction of sp³-hybridized carbons (Fsp3) is 0.231. The first-order chi connectivity index (χ1) is 9.91. The number of nitrogens with zero attached hydrogens (tertiary/aromatic N) is 1. The van der Waals surface area contributed by atoms with Crippen molar-refractivity contribution in [2.75, 3.05) is 11.1 Å². The van der Waals surface area contributed by atoms with Gasteiger partial charge in [-0.05, 0) is 43.4 Å². The third kappa shape index (κ3) is 3.39. The van der Waals surface area contributed by atoms with Crippen LogP contribution in [0.3, 0.4) is 0 Å². The molecule has 0 saturated heterocycles. The summed E-state index contributed by atoms with van der Waals surface area (Å²) in [4.78, 5) is 4.40. The van der Waals surface area contributed by atoms with E-state index in [1.54, 1.807) is 17.4 Å². The summed E-state index contributed by atoms with van der Waals surface area (Å²) < 4.78 is 23.8. The minimum absolute atomic E-state index is 0.0435. The van der Waals surface area contributed by atoms with Crippen molar-refractivity contribution in [1.82, 2.24) is 10.3 Å². The van der Waals surface area contributed by atoms with Crippen molar-refractivity contribution in [1.29, 1.82) is 0 Å². The molecule has 3 rings (SSSR count). The third-order valence-corrected chi connectivity index (χ3v) is 5.55. The van der Waals surface area contributed by atoms with Crippen molar-refractivity contribution in [3.63, 3.8) is 0 Å². The molecule has 0 amide bonds. The highest BCUT2D eigenvalue weighted by Crippen LogP contribution is 2.24. The van der Waals surface area contributed by atoms with Crippen molar-refractivity contribution in [3.8, 4) is 0 Å². The molecule has 0 spiro atoms. The van der Waals surface area contributed by atoms with Gasteiger partial charge >= 0.3 is 0 Å². The van der Waals surface area contributed by atoms with Gasteiger partial charge in [0, 0.05) is 11.1 Å². The number of thiazole rings is 1. The van der Waals surface area contributed by atoms with Gasteiger partial charge in [-0.1, -0.05) is 0 Å². The van der Waals surface area contributed by atoms with Gasteiger partial charge in [0.25, 0.3) is 0 Å². The molecule has 0 radical (unpaired) electrons. The lowest BCUT2D eigenvalue weighted by Crippen LogP contribution is -2.38. The van der Waals surface area contributed by atoms with Crippen LogP contribution in [0.15, 0.2) is 29.7 Å². The normalized spacial score (nSPS) is 19.8. The zero-order valence-corrected chi connectivity index (χ0v) is 13.6. The van der Waals surface area contributed by atoms with E-state index in [9.17, 15) is 8.42 Å². The molecule has 8 heteroatoms.